The first kappa shape index (κ1) is 12.7. The molecule has 0 radical (unpaired) electrons. The zero-order chi connectivity index (χ0) is 13.1. The van der Waals surface area contributed by atoms with Gasteiger partial charge in [-0.1, -0.05) is 24.6 Å². The molecular formula is C14H20N4. The molecule has 1 aromatic carbocycles. The van der Waals surface area contributed by atoms with Crippen molar-refractivity contribution < 1.29 is 0 Å². The average Bonchev–Trinajstić information content (AvgIpc) is 2.71. The molecule has 2 rings (SSSR count). The van der Waals surface area contributed by atoms with E-state index in [2.05, 4.69) is 55.4 Å². The zero-order valence-corrected chi connectivity index (χ0v) is 11.6. The van der Waals surface area contributed by atoms with Gasteiger partial charge >= 0.3 is 0 Å². The van der Waals surface area contributed by atoms with Crippen molar-refractivity contribution in [1.82, 2.24) is 20.2 Å². The summed E-state index contributed by atoms with van der Waals surface area (Å²) in [6.07, 6.45) is 1.99. The van der Waals surface area contributed by atoms with Crippen LogP contribution in [0.15, 0.2) is 12.1 Å². The van der Waals surface area contributed by atoms with Crippen molar-refractivity contribution in [2.24, 2.45) is 0 Å². The van der Waals surface area contributed by atoms with Gasteiger partial charge in [-0.2, -0.15) is 0 Å². The highest BCUT2D eigenvalue weighted by molar-refractivity contribution is 5.37. The van der Waals surface area contributed by atoms with Gasteiger partial charge in [-0.25, -0.2) is 4.68 Å². The fourth-order valence-electron chi connectivity index (χ4n) is 2.36. The van der Waals surface area contributed by atoms with Gasteiger partial charge in [0.2, 0.25) is 0 Å². The third-order valence-corrected chi connectivity index (χ3v) is 3.23. The van der Waals surface area contributed by atoms with Crippen molar-refractivity contribution in [3.05, 3.63) is 40.2 Å². The van der Waals surface area contributed by atoms with Crippen LogP contribution in [-0.2, 0) is 13.0 Å². The van der Waals surface area contributed by atoms with Gasteiger partial charge in [-0.15, -0.1) is 5.10 Å². The number of aryl methyl sites for hydroxylation is 4. The Labute approximate surface area is 108 Å². The third-order valence-electron chi connectivity index (χ3n) is 3.23. The largest absolute Gasteiger partial charge is 0.225 e. The van der Waals surface area contributed by atoms with E-state index in [-0.39, 0.29) is 0 Å². The molecule has 0 spiro atoms. The number of benzene rings is 1. The molecule has 0 saturated heterocycles. The summed E-state index contributed by atoms with van der Waals surface area (Å²) in [6, 6.07) is 4.43. The molecule has 0 aliphatic carbocycles. The smallest absolute Gasteiger partial charge is 0.151 e. The van der Waals surface area contributed by atoms with Gasteiger partial charge in [0, 0.05) is 6.42 Å². The van der Waals surface area contributed by atoms with Gasteiger partial charge in [0.25, 0.3) is 0 Å². The van der Waals surface area contributed by atoms with Crippen LogP contribution < -0.4 is 0 Å². The van der Waals surface area contributed by atoms with Crippen molar-refractivity contribution in [3.63, 3.8) is 0 Å². The zero-order valence-electron chi connectivity index (χ0n) is 11.6. The van der Waals surface area contributed by atoms with Crippen molar-refractivity contribution >= 4 is 0 Å². The molecule has 0 N–H and O–H groups in total. The highest BCUT2D eigenvalue weighted by Gasteiger charge is 2.09. The van der Waals surface area contributed by atoms with E-state index in [0.717, 1.165) is 25.2 Å². The van der Waals surface area contributed by atoms with Crippen LogP contribution >= 0.6 is 0 Å². The summed E-state index contributed by atoms with van der Waals surface area (Å²) in [4.78, 5) is 0. The monoisotopic (exact) mass is 244 g/mol. The Morgan fingerprint density at radius 3 is 2.39 bits per heavy atom. The minimum absolute atomic E-state index is 0.764. The second kappa shape index (κ2) is 5.29. The maximum Gasteiger partial charge on any atom is 0.151 e. The van der Waals surface area contributed by atoms with E-state index >= 15 is 0 Å². The van der Waals surface area contributed by atoms with Crippen LogP contribution in [-0.4, -0.2) is 20.2 Å². The fraction of sp³-hybridized carbons (Fsp3) is 0.500. The third kappa shape index (κ3) is 2.58. The summed E-state index contributed by atoms with van der Waals surface area (Å²) in [5.41, 5.74) is 5.25. The first-order valence-electron chi connectivity index (χ1n) is 6.43. The van der Waals surface area contributed by atoms with Gasteiger partial charge in [-0.3, -0.25) is 0 Å². The molecule has 0 saturated carbocycles. The van der Waals surface area contributed by atoms with Gasteiger partial charge in [0.05, 0.1) is 6.54 Å². The topological polar surface area (TPSA) is 43.6 Å². The molecule has 0 aliphatic heterocycles. The number of hydrogen-bond acceptors (Lipinski definition) is 3. The van der Waals surface area contributed by atoms with Crippen LogP contribution in [0.4, 0.5) is 0 Å². The lowest BCUT2D eigenvalue weighted by Gasteiger charge is -2.12. The number of nitrogens with zero attached hydrogens (tertiary/aromatic N) is 4. The van der Waals surface area contributed by atoms with Gasteiger partial charge in [-0.05, 0) is 54.3 Å². The molecule has 0 bridgehead atoms. The molecule has 0 aliphatic rings. The van der Waals surface area contributed by atoms with E-state index in [0.29, 0.717) is 0 Å². The lowest BCUT2D eigenvalue weighted by Crippen LogP contribution is -2.09. The highest BCUT2D eigenvalue weighted by atomic mass is 15.5. The van der Waals surface area contributed by atoms with E-state index in [1.165, 1.54) is 22.3 Å². The van der Waals surface area contributed by atoms with Crippen LogP contribution in [0.1, 0.15) is 41.4 Å². The maximum atomic E-state index is 4.09. The van der Waals surface area contributed by atoms with Crippen LogP contribution in [0.25, 0.3) is 0 Å². The Hall–Kier alpha value is -1.71. The molecule has 2 aromatic rings. The molecule has 96 valence electrons. The van der Waals surface area contributed by atoms with E-state index in [9.17, 15) is 0 Å². The standard InChI is InChI=1S/C14H20N4/c1-5-6-14-15-16-17-18(14)9-13-11(3)7-10(2)8-12(13)4/h7-8H,5-6,9H2,1-4H3. The Balaban J connectivity index is 2.31. The van der Waals surface area contributed by atoms with E-state index in [1.54, 1.807) is 0 Å². The predicted molar refractivity (Wildman–Crippen MR) is 71.6 cm³/mol. The maximum absolute atomic E-state index is 4.09. The second-order valence-corrected chi connectivity index (χ2v) is 4.88. The van der Waals surface area contributed by atoms with Crippen LogP contribution in [0.2, 0.25) is 0 Å². The molecule has 4 heteroatoms. The minimum Gasteiger partial charge on any atom is -0.225 e. The van der Waals surface area contributed by atoms with Crippen molar-refractivity contribution in [2.45, 2.75) is 47.1 Å². The van der Waals surface area contributed by atoms with E-state index < -0.39 is 0 Å². The molecule has 0 amide bonds. The normalized spacial score (nSPS) is 10.9. The first-order valence-corrected chi connectivity index (χ1v) is 6.43. The Morgan fingerprint density at radius 1 is 1.11 bits per heavy atom. The van der Waals surface area contributed by atoms with Crippen LogP contribution in [0.3, 0.4) is 0 Å². The SMILES string of the molecule is CCCc1nnnn1Cc1c(C)cc(C)cc1C. The van der Waals surface area contributed by atoms with Gasteiger partial charge < -0.3 is 0 Å². The van der Waals surface area contributed by atoms with Crippen molar-refractivity contribution in [3.8, 4) is 0 Å². The van der Waals surface area contributed by atoms with Crippen LogP contribution in [0.5, 0.6) is 0 Å². The molecule has 1 heterocycles. The quantitative estimate of drug-likeness (QED) is 0.830. The van der Waals surface area contributed by atoms with E-state index in [1.807, 2.05) is 4.68 Å². The van der Waals surface area contributed by atoms with E-state index in [4.69, 9.17) is 0 Å². The second-order valence-electron chi connectivity index (χ2n) is 4.88. The average molecular weight is 244 g/mol. The molecule has 0 unspecified atom stereocenters. The molecular weight excluding hydrogens is 224 g/mol. The lowest BCUT2D eigenvalue weighted by molar-refractivity contribution is 0.609. The molecule has 1 aromatic heterocycles. The minimum atomic E-state index is 0.764. The highest BCUT2D eigenvalue weighted by Crippen LogP contribution is 2.17. The summed E-state index contributed by atoms with van der Waals surface area (Å²) in [5.74, 6) is 0.969. The first-order chi connectivity index (χ1) is 8.61. The van der Waals surface area contributed by atoms with Crippen molar-refractivity contribution in [1.29, 1.82) is 0 Å². The van der Waals surface area contributed by atoms with Crippen molar-refractivity contribution in [2.75, 3.05) is 0 Å². The molecule has 4 nitrogen and oxygen atoms in total. The fourth-order valence-corrected chi connectivity index (χ4v) is 2.36. The summed E-state index contributed by atoms with van der Waals surface area (Å²) in [7, 11) is 0. The number of tetrazole rings is 1. The molecule has 0 atom stereocenters. The molecule has 0 fully saturated rings. The predicted octanol–water partition coefficient (Wildman–Crippen LogP) is 2.60. The summed E-state index contributed by atoms with van der Waals surface area (Å²) in [5, 5.41) is 11.9. The van der Waals surface area contributed by atoms with Gasteiger partial charge in [0.1, 0.15) is 0 Å². The number of aromatic nitrogens is 4. The Bertz CT molecular complexity index is 519. The van der Waals surface area contributed by atoms with Crippen LogP contribution in [0, 0.1) is 20.8 Å². The summed E-state index contributed by atoms with van der Waals surface area (Å²) in [6.45, 7) is 9.34. The Kier molecular flexibility index (Phi) is 3.75. The lowest BCUT2D eigenvalue weighted by atomic mass is 10.00. The summed E-state index contributed by atoms with van der Waals surface area (Å²) >= 11 is 0. The summed E-state index contributed by atoms with van der Waals surface area (Å²) < 4.78 is 1.91. The Morgan fingerprint density at radius 2 is 1.78 bits per heavy atom. The molecule has 18 heavy (non-hydrogen) atoms. The number of rotatable bonds is 4. The number of hydrogen-bond donors (Lipinski definition) is 0. The van der Waals surface area contributed by atoms with Gasteiger partial charge in [0.15, 0.2) is 5.82 Å².